The summed E-state index contributed by atoms with van der Waals surface area (Å²) in [5.74, 6) is -0.650. The number of nitrogens with zero attached hydrogens (tertiary/aromatic N) is 2. The summed E-state index contributed by atoms with van der Waals surface area (Å²) in [7, 11) is 0. The van der Waals surface area contributed by atoms with Crippen LogP contribution in [0.5, 0.6) is 0 Å². The van der Waals surface area contributed by atoms with E-state index in [4.69, 9.17) is 4.42 Å². The topological polar surface area (TPSA) is 46.3 Å². The van der Waals surface area contributed by atoms with Crippen molar-refractivity contribution in [2.75, 3.05) is 4.90 Å². The molecule has 4 rings (SSSR count). The minimum atomic E-state index is -0.748. The van der Waals surface area contributed by atoms with Gasteiger partial charge in [-0.2, -0.15) is 0 Å². The van der Waals surface area contributed by atoms with Crippen LogP contribution < -0.4 is 4.90 Å². The molecule has 0 atom stereocenters. The number of anilines is 1. The lowest BCUT2D eigenvalue weighted by atomic mass is 10.0. The summed E-state index contributed by atoms with van der Waals surface area (Å²) >= 11 is 1.07. The molecule has 0 saturated carbocycles. The lowest BCUT2D eigenvalue weighted by molar-refractivity contribution is -0.118. The molecule has 0 aliphatic carbocycles. The van der Waals surface area contributed by atoms with E-state index < -0.39 is 11.6 Å². The van der Waals surface area contributed by atoms with E-state index in [0.29, 0.717) is 21.5 Å². The van der Waals surface area contributed by atoms with E-state index in [1.165, 1.54) is 22.8 Å². The Morgan fingerprint density at radius 2 is 1.93 bits per heavy atom. The van der Waals surface area contributed by atoms with Crippen LogP contribution in [0, 0.1) is 11.6 Å². The Morgan fingerprint density at radius 3 is 2.60 bits per heavy atom. The first kappa shape index (κ1) is 20.2. The Kier molecular flexibility index (Phi) is 5.63. The monoisotopic (exact) mass is 426 g/mol. The summed E-state index contributed by atoms with van der Waals surface area (Å²) in [5.41, 5.74) is 2.12. The third-order valence-electron chi connectivity index (χ3n) is 4.83. The summed E-state index contributed by atoms with van der Waals surface area (Å²) < 4.78 is 33.5. The third-order valence-corrected chi connectivity index (χ3v) is 5.86. The van der Waals surface area contributed by atoms with E-state index in [-0.39, 0.29) is 24.4 Å². The molecule has 0 saturated heterocycles. The van der Waals surface area contributed by atoms with Crippen LogP contribution in [-0.2, 0) is 17.8 Å². The van der Waals surface area contributed by atoms with Gasteiger partial charge in [0.15, 0.2) is 10.9 Å². The van der Waals surface area contributed by atoms with Gasteiger partial charge in [0.1, 0.15) is 17.1 Å². The molecule has 0 unspecified atom stereocenters. The van der Waals surface area contributed by atoms with Crippen molar-refractivity contribution in [3.8, 4) is 0 Å². The molecule has 0 aliphatic rings. The molecule has 2 aromatic carbocycles. The van der Waals surface area contributed by atoms with E-state index in [9.17, 15) is 13.6 Å². The molecule has 4 aromatic rings. The molecule has 0 fully saturated rings. The lowest BCUT2D eigenvalue weighted by Gasteiger charge is -2.19. The van der Waals surface area contributed by atoms with Crippen LogP contribution in [0.25, 0.3) is 10.2 Å². The fourth-order valence-electron chi connectivity index (χ4n) is 3.17. The zero-order valence-corrected chi connectivity index (χ0v) is 17.4. The van der Waals surface area contributed by atoms with E-state index in [1.54, 1.807) is 12.1 Å². The van der Waals surface area contributed by atoms with Crippen LogP contribution in [0.2, 0.25) is 0 Å². The quantitative estimate of drug-likeness (QED) is 0.376. The molecule has 0 N–H and O–H groups in total. The number of fused-ring (bicyclic) bond motifs is 1. The van der Waals surface area contributed by atoms with Gasteiger partial charge in [-0.05, 0) is 35.2 Å². The zero-order valence-electron chi connectivity index (χ0n) is 16.6. The highest BCUT2D eigenvalue weighted by Crippen LogP contribution is 2.32. The molecule has 0 radical (unpaired) electrons. The highest BCUT2D eigenvalue weighted by Gasteiger charge is 2.23. The molecule has 4 nitrogen and oxygen atoms in total. The summed E-state index contributed by atoms with van der Waals surface area (Å²) in [4.78, 5) is 18.9. The highest BCUT2D eigenvalue weighted by molar-refractivity contribution is 7.22. The predicted octanol–water partition coefficient (Wildman–Crippen LogP) is 6.07. The maximum atomic E-state index is 14.1. The minimum absolute atomic E-state index is 0.0509. The molecular weight excluding hydrogens is 406 g/mol. The standard InChI is InChI=1S/C23H20F2N2O2S/c1-14(2)16-7-5-15(6-8-16)10-21(28)27(13-18-4-3-9-29-18)23-26-22-19(25)11-17(24)12-20(22)30-23/h3-9,11-12,14H,10,13H2,1-2H3. The van der Waals surface area contributed by atoms with Crippen LogP contribution in [0.15, 0.2) is 59.2 Å². The van der Waals surface area contributed by atoms with Crippen LogP contribution in [0.3, 0.4) is 0 Å². The molecule has 0 bridgehead atoms. The average Bonchev–Trinajstić information content (AvgIpc) is 3.36. The van der Waals surface area contributed by atoms with E-state index in [2.05, 4.69) is 18.8 Å². The number of carbonyl (C=O) groups is 1. The van der Waals surface area contributed by atoms with Gasteiger partial charge in [-0.15, -0.1) is 0 Å². The van der Waals surface area contributed by atoms with Crippen molar-refractivity contribution in [3.63, 3.8) is 0 Å². The Hall–Kier alpha value is -3.06. The molecule has 0 aliphatic heterocycles. The number of hydrogen-bond donors (Lipinski definition) is 0. The molecule has 154 valence electrons. The summed E-state index contributed by atoms with van der Waals surface area (Å²) in [6, 6.07) is 13.4. The van der Waals surface area contributed by atoms with Crippen molar-refractivity contribution < 1.29 is 18.0 Å². The normalized spacial score (nSPS) is 11.4. The van der Waals surface area contributed by atoms with Crippen LogP contribution in [0.4, 0.5) is 13.9 Å². The fraction of sp³-hybridized carbons (Fsp3) is 0.217. The number of aromatic nitrogens is 1. The van der Waals surface area contributed by atoms with Crippen molar-refractivity contribution in [1.29, 1.82) is 0 Å². The Labute approximate surface area is 176 Å². The third kappa shape index (κ3) is 4.26. The van der Waals surface area contributed by atoms with E-state index >= 15 is 0 Å². The summed E-state index contributed by atoms with van der Waals surface area (Å²) in [6.07, 6.45) is 1.68. The van der Waals surface area contributed by atoms with Gasteiger partial charge in [0.2, 0.25) is 5.91 Å². The van der Waals surface area contributed by atoms with Gasteiger partial charge in [0.05, 0.1) is 23.9 Å². The van der Waals surface area contributed by atoms with Gasteiger partial charge in [-0.25, -0.2) is 13.8 Å². The van der Waals surface area contributed by atoms with Crippen LogP contribution in [0.1, 0.15) is 36.7 Å². The van der Waals surface area contributed by atoms with Crippen molar-refractivity contribution in [2.24, 2.45) is 0 Å². The second-order valence-corrected chi connectivity index (χ2v) is 8.37. The van der Waals surface area contributed by atoms with Crippen LogP contribution in [-0.4, -0.2) is 10.9 Å². The number of amides is 1. The number of benzene rings is 2. The van der Waals surface area contributed by atoms with Gasteiger partial charge >= 0.3 is 0 Å². The molecule has 1 amide bonds. The lowest BCUT2D eigenvalue weighted by Crippen LogP contribution is -2.31. The van der Waals surface area contributed by atoms with Gasteiger partial charge < -0.3 is 4.42 Å². The second kappa shape index (κ2) is 8.36. The van der Waals surface area contributed by atoms with Gasteiger partial charge in [-0.3, -0.25) is 9.69 Å². The van der Waals surface area contributed by atoms with Crippen LogP contribution >= 0.6 is 11.3 Å². The molecular formula is C23H20F2N2O2S. The minimum Gasteiger partial charge on any atom is -0.467 e. The van der Waals surface area contributed by atoms with Gasteiger partial charge in [-0.1, -0.05) is 49.4 Å². The first-order valence-electron chi connectivity index (χ1n) is 9.58. The number of rotatable bonds is 6. The highest BCUT2D eigenvalue weighted by atomic mass is 32.1. The smallest absolute Gasteiger partial charge is 0.233 e. The fourth-order valence-corrected chi connectivity index (χ4v) is 4.19. The maximum absolute atomic E-state index is 14.1. The largest absolute Gasteiger partial charge is 0.467 e. The Morgan fingerprint density at radius 1 is 1.17 bits per heavy atom. The molecule has 0 spiro atoms. The Bertz CT molecular complexity index is 1170. The predicted molar refractivity (Wildman–Crippen MR) is 114 cm³/mol. The van der Waals surface area contributed by atoms with E-state index in [1.807, 2.05) is 24.3 Å². The number of furan rings is 1. The molecule has 30 heavy (non-hydrogen) atoms. The number of thiazole rings is 1. The average molecular weight is 426 g/mol. The molecule has 7 heteroatoms. The van der Waals surface area contributed by atoms with Gasteiger partial charge in [0.25, 0.3) is 0 Å². The maximum Gasteiger partial charge on any atom is 0.233 e. The Balaban J connectivity index is 1.65. The van der Waals surface area contributed by atoms with Crippen molar-refractivity contribution in [2.45, 2.75) is 32.7 Å². The first-order valence-corrected chi connectivity index (χ1v) is 10.4. The zero-order chi connectivity index (χ0) is 21.3. The molecule has 2 heterocycles. The summed E-state index contributed by atoms with van der Waals surface area (Å²) in [5, 5.41) is 0.301. The van der Waals surface area contributed by atoms with Crippen molar-refractivity contribution >= 4 is 32.6 Å². The SMILES string of the molecule is CC(C)c1ccc(CC(=O)N(Cc2ccco2)c2nc3c(F)cc(F)cc3s2)cc1. The van der Waals surface area contributed by atoms with E-state index in [0.717, 1.165) is 23.0 Å². The molecule has 2 aromatic heterocycles. The second-order valence-electron chi connectivity index (χ2n) is 7.36. The first-order chi connectivity index (χ1) is 14.4. The summed E-state index contributed by atoms with van der Waals surface area (Å²) in [6.45, 7) is 4.38. The van der Waals surface area contributed by atoms with Crippen molar-refractivity contribution in [1.82, 2.24) is 4.98 Å². The van der Waals surface area contributed by atoms with Gasteiger partial charge in [0, 0.05) is 6.07 Å². The van der Waals surface area contributed by atoms with Crippen molar-refractivity contribution in [3.05, 3.63) is 83.3 Å². The number of carbonyl (C=O) groups excluding carboxylic acids is 1. The number of halogens is 2. The number of hydrogen-bond acceptors (Lipinski definition) is 4.